The summed E-state index contributed by atoms with van der Waals surface area (Å²) in [5.74, 6) is 0.240. The van der Waals surface area contributed by atoms with Gasteiger partial charge in [0.1, 0.15) is 11.4 Å². The molecule has 1 aromatic carbocycles. The molecule has 0 saturated heterocycles. The number of carboxylic acids is 1. The molecule has 2 aromatic rings. The Hall–Kier alpha value is -2.23. The number of aromatic carboxylic acids is 1. The first-order valence-corrected chi connectivity index (χ1v) is 6.27. The van der Waals surface area contributed by atoms with Gasteiger partial charge in [-0.05, 0) is 24.6 Å². The summed E-state index contributed by atoms with van der Waals surface area (Å²) < 4.78 is 7.43. The fourth-order valence-electron chi connectivity index (χ4n) is 2.64. The Kier molecular flexibility index (Phi) is 2.78. The molecule has 1 atom stereocenters. The SMILES string of the molecule is Cc1ccn(CC2COc3ccccc32)c1C(=O)O. The number of aromatic nitrogens is 1. The zero-order valence-electron chi connectivity index (χ0n) is 10.7. The second-order valence-electron chi connectivity index (χ2n) is 4.85. The summed E-state index contributed by atoms with van der Waals surface area (Å²) >= 11 is 0. The van der Waals surface area contributed by atoms with Crippen LogP contribution in [0.3, 0.4) is 0 Å². The zero-order valence-corrected chi connectivity index (χ0v) is 10.7. The predicted octanol–water partition coefficient (Wildman–Crippen LogP) is 2.67. The number of hydrogen-bond acceptors (Lipinski definition) is 2. The van der Waals surface area contributed by atoms with Gasteiger partial charge in [-0.15, -0.1) is 0 Å². The third-order valence-corrected chi connectivity index (χ3v) is 3.58. The molecule has 2 heterocycles. The van der Waals surface area contributed by atoms with Gasteiger partial charge in [0.25, 0.3) is 0 Å². The predicted molar refractivity (Wildman–Crippen MR) is 70.8 cm³/mol. The van der Waals surface area contributed by atoms with Gasteiger partial charge in [-0.2, -0.15) is 0 Å². The van der Waals surface area contributed by atoms with Crippen molar-refractivity contribution in [3.63, 3.8) is 0 Å². The molecule has 0 bridgehead atoms. The van der Waals surface area contributed by atoms with E-state index in [4.69, 9.17) is 4.74 Å². The van der Waals surface area contributed by atoms with E-state index in [-0.39, 0.29) is 5.92 Å². The lowest BCUT2D eigenvalue weighted by Crippen LogP contribution is -2.15. The number of fused-ring (bicyclic) bond motifs is 1. The Balaban J connectivity index is 1.90. The molecule has 3 rings (SSSR count). The number of aryl methyl sites for hydroxylation is 1. The van der Waals surface area contributed by atoms with Gasteiger partial charge in [0.2, 0.25) is 0 Å². The summed E-state index contributed by atoms with van der Waals surface area (Å²) in [6.45, 7) is 3.06. The van der Waals surface area contributed by atoms with Crippen molar-refractivity contribution in [1.82, 2.24) is 4.57 Å². The molecule has 1 N–H and O–H groups in total. The van der Waals surface area contributed by atoms with Crippen molar-refractivity contribution in [2.45, 2.75) is 19.4 Å². The molecule has 1 unspecified atom stereocenters. The van der Waals surface area contributed by atoms with Crippen LogP contribution >= 0.6 is 0 Å². The standard InChI is InChI=1S/C15H15NO3/c1-10-6-7-16(14(10)15(17)18)8-11-9-19-13-5-3-2-4-12(11)13/h2-7,11H,8-9H2,1H3,(H,17,18). The van der Waals surface area contributed by atoms with Crippen LogP contribution in [0.4, 0.5) is 0 Å². The molecular formula is C15H15NO3. The number of hydrogen-bond donors (Lipinski definition) is 1. The molecule has 0 saturated carbocycles. The van der Waals surface area contributed by atoms with Gasteiger partial charge in [0.05, 0.1) is 6.61 Å². The fraction of sp³-hybridized carbons (Fsp3) is 0.267. The number of para-hydroxylation sites is 1. The Morgan fingerprint density at radius 1 is 1.42 bits per heavy atom. The first kappa shape index (κ1) is 11.8. The molecule has 0 amide bonds. The van der Waals surface area contributed by atoms with Crippen LogP contribution in [0.5, 0.6) is 5.75 Å². The molecule has 1 aliphatic heterocycles. The summed E-state index contributed by atoms with van der Waals surface area (Å²) in [6.07, 6.45) is 1.83. The van der Waals surface area contributed by atoms with E-state index in [9.17, 15) is 9.90 Å². The number of carboxylic acid groups (broad SMARTS) is 1. The average Bonchev–Trinajstić information content (AvgIpc) is 2.95. The van der Waals surface area contributed by atoms with Gasteiger partial charge in [-0.3, -0.25) is 0 Å². The molecule has 0 spiro atoms. The van der Waals surface area contributed by atoms with Gasteiger partial charge in [0.15, 0.2) is 0 Å². The minimum Gasteiger partial charge on any atom is -0.493 e. The molecule has 98 valence electrons. The van der Waals surface area contributed by atoms with Crippen LogP contribution < -0.4 is 4.74 Å². The third kappa shape index (κ3) is 1.99. The van der Waals surface area contributed by atoms with Crippen molar-refractivity contribution in [3.05, 3.63) is 53.3 Å². The molecule has 1 aliphatic rings. The van der Waals surface area contributed by atoms with Gasteiger partial charge in [-0.1, -0.05) is 18.2 Å². The van der Waals surface area contributed by atoms with E-state index in [0.717, 1.165) is 16.9 Å². The quantitative estimate of drug-likeness (QED) is 0.919. The van der Waals surface area contributed by atoms with Gasteiger partial charge < -0.3 is 14.4 Å². The molecule has 0 radical (unpaired) electrons. The maximum Gasteiger partial charge on any atom is 0.352 e. The van der Waals surface area contributed by atoms with Crippen molar-refractivity contribution in [2.75, 3.05) is 6.61 Å². The highest BCUT2D eigenvalue weighted by Gasteiger charge is 2.25. The number of rotatable bonds is 3. The van der Waals surface area contributed by atoms with E-state index in [0.29, 0.717) is 18.8 Å². The van der Waals surface area contributed by atoms with Crippen molar-refractivity contribution in [2.24, 2.45) is 0 Å². The molecule has 4 nitrogen and oxygen atoms in total. The number of benzene rings is 1. The molecule has 0 fully saturated rings. The maximum atomic E-state index is 11.3. The van der Waals surface area contributed by atoms with E-state index in [2.05, 4.69) is 0 Å². The van der Waals surface area contributed by atoms with Gasteiger partial charge in [-0.25, -0.2) is 4.79 Å². The first-order chi connectivity index (χ1) is 9.16. The van der Waals surface area contributed by atoms with Crippen molar-refractivity contribution in [3.8, 4) is 5.75 Å². The topological polar surface area (TPSA) is 51.5 Å². The summed E-state index contributed by atoms with van der Waals surface area (Å²) in [5, 5.41) is 9.25. The van der Waals surface area contributed by atoms with Crippen LogP contribution in [0.15, 0.2) is 36.5 Å². The van der Waals surface area contributed by atoms with E-state index in [1.165, 1.54) is 0 Å². The summed E-state index contributed by atoms with van der Waals surface area (Å²) in [6, 6.07) is 9.77. The molecule has 4 heteroatoms. The minimum absolute atomic E-state index is 0.209. The minimum atomic E-state index is -0.880. The molecule has 1 aromatic heterocycles. The Labute approximate surface area is 111 Å². The highest BCUT2D eigenvalue weighted by atomic mass is 16.5. The van der Waals surface area contributed by atoms with E-state index >= 15 is 0 Å². The Morgan fingerprint density at radius 3 is 3.00 bits per heavy atom. The zero-order chi connectivity index (χ0) is 13.4. The van der Waals surface area contributed by atoms with Gasteiger partial charge in [0, 0.05) is 24.2 Å². The monoisotopic (exact) mass is 257 g/mol. The smallest absolute Gasteiger partial charge is 0.352 e. The Morgan fingerprint density at radius 2 is 2.21 bits per heavy atom. The largest absolute Gasteiger partial charge is 0.493 e. The van der Waals surface area contributed by atoms with Crippen LogP contribution in [-0.2, 0) is 6.54 Å². The van der Waals surface area contributed by atoms with Crippen molar-refractivity contribution in [1.29, 1.82) is 0 Å². The second kappa shape index (κ2) is 4.46. The van der Waals surface area contributed by atoms with E-state index in [1.54, 1.807) is 4.57 Å². The number of ether oxygens (including phenoxy) is 1. The second-order valence-corrected chi connectivity index (χ2v) is 4.85. The molecule has 19 heavy (non-hydrogen) atoms. The average molecular weight is 257 g/mol. The fourth-order valence-corrected chi connectivity index (χ4v) is 2.64. The molecular weight excluding hydrogens is 242 g/mol. The number of carbonyl (C=O) groups is 1. The first-order valence-electron chi connectivity index (χ1n) is 6.27. The van der Waals surface area contributed by atoms with Crippen LogP contribution in [0.25, 0.3) is 0 Å². The summed E-state index contributed by atoms with van der Waals surface area (Å²) in [7, 11) is 0. The van der Waals surface area contributed by atoms with Crippen molar-refractivity contribution < 1.29 is 14.6 Å². The molecule has 0 aliphatic carbocycles. The third-order valence-electron chi connectivity index (χ3n) is 3.58. The van der Waals surface area contributed by atoms with E-state index < -0.39 is 5.97 Å². The lowest BCUT2D eigenvalue weighted by atomic mass is 10.0. The van der Waals surface area contributed by atoms with E-state index in [1.807, 2.05) is 43.5 Å². The lowest BCUT2D eigenvalue weighted by Gasteiger charge is -2.12. The highest BCUT2D eigenvalue weighted by molar-refractivity contribution is 5.87. The number of nitrogens with zero attached hydrogens (tertiary/aromatic N) is 1. The van der Waals surface area contributed by atoms with Crippen LogP contribution in [0, 0.1) is 6.92 Å². The summed E-state index contributed by atoms with van der Waals surface area (Å²) in [5.41, 5.74) is 2.31. The summed E-state index contributed by atoms with van der Waals surface area (Å²) in [4.78, 5) is 11.3. The van der Waals surface area contributed by atoms with Crippen LogP contribution in [-0.4, -0.2) is 22.2 Å². The lowest BCUT2D eigenvalue weighted by molar-refractivity contribution is 0.0683. The van der Waals surface area contributed by atoms with Crippen LogP contribution in [0.2, 0.25) is 0 Å². The maximum absolute atomic E-state index is 11.3. The normalized spacial score (nSPS) is 17.0. The highest BCUT2D eigenvalue weighted by Crippen LogP contribution is 2.34. The van der Waals surface area contributed by atoms with Crippen molar-refractivity contribution >= 4 is 5.97 Å². The van der Waals surface area contributed by atoms with Crippen LogP contribution in [0.1, 0.15) is 27.5 Å². The Bertz CT molecular complexity index is 630. The van der Waals surface area contributed by atoms with Gasteiger partial charge >= 0.3 is 5.97 Å².